The predicted octanol–water partition coefficient (Wildman–Crippen LogP) is 1.38. The third-order valence-corrected chi connectivity index (χ3v) is 4.07. The van der Waals surface area contributed by atoms with E-state index in [9.17, 15) is 4.79 Å². The summed E-state index contributed by atoms with van der Waals surface area (Å²) in [6.45, 7) is 4.15. The van der Waals surface area contributed by atoms with Crippen molar-refractivity contribution in [1.29, 1.82) is 0 Å². The molecule has 1 aromatic rings. The molecule has 0 radical (unpaired) electrons. The van der Waals surface area contributed by atoms with Gasteiger partial charge in [-0.15, -0.1) is 0 Å². The second kappa shape index (κ2) is 6.89. The van der Waals surface area contributed by atoms with E-state index in [-0.39, 0.29) is 5.91 Å². The highest BCUT2D eigenvalue weighted by Gasteiger charge is 2.21. The number of ether oxygens (including phenoxy) is 1. The molecule has 0 unspecified atom stereocenters. The standard InChI is InChI=1S/C16H23N3O2/c20-16(18-12-14-1-2-14)4-3-13-5-6-17-15(11-13)19-7-9-21-10-8-19/h5-6,11,14H,1-4,7-10,12H2,(H,18,20). The Bertz CT molecular complexity index is 482. The average molecular weight is 289 g/mol. The van der Waals surface area contributed by atoms with Crippen molar-refractivity contribution in [2.24, 2.45) is 5.92 Å². The predicted molar refractivity (Wildman–Crippen MR) is 81.3 cm³/mol. The highest BCUT2D eigenvalue weighted by molar-refractivity contribution is 5.76. The summed E-state index contributed by atoms with van der Waals surface area (Å²) in [6.07, 6.45) is 5.71. The fraction of sp³-hybridized carbons (Fsp3) is 0.625. The van der Waals surface area contributed by atoms with Crippen LogP contribution in [0.1, 0.15) is 24.8 Å². The molecule has 114 valence electrons. The lowest BCUT2D eigenvalue weighted by Gasteiger charge is -2.28. The molecular formula is C16H23N3O2. The van der Waals surface area contributed by atoms with E-state index in [0.29, 0.717) is 6.42 Å². The Kier molecular flexibility index (Phi) is 4.70. The summed E-state index contributed by atoms with van der Waals surface area (Å²) in [5.74, 6) is 1.89. The number of nitrogens with one attached hydrogen (secondary N) is 1. The molecule has 5 nitrogen and oxygen atoms in total. The number of amides is 1. The first-order chi connectivity index (χ1) is 10.3. The van der Waals surface area contributed by atoms with Gasteiger partial charge in [-0.25, -0.2) is 4.98 Å². The molecule has 1 aliphatic heterocycles. The zero-order valence-electron chi connectivity index (χ0n) is 12.4. The number of hydrogen-bond donors (Lipinski definition) is 1. The normalized spacial score (nSPS) is 18.6. The Balaban J connectivity index is 1.49. The average Bonchev–Trinajstić information content (AvgIpc) is 3.36. The van der Waals surface area contributed by atoms with Crippen molar-refractivity contribution in [3.8, 4) is 0 Å². The monoisotopic (exact) mass is 289 g/mol. The molecule has 2 aliphatic rings. The van der Waals surface area contributed by atoms with E-state index in [4.69, 9.17) is 4.74 Å². The zero-order valence-corrected chi connectivity index (χ0v) is 12.4. The quantitative estimate of drug-likeness (QED) is 0.859. The zero-order chi connectivity index (χ0) is 14.5. The first-order valence-electron chi connectivity index (χ1n) is 7.85. The van der Waals surface area contributed by atoms with E-state index in [0.717, 1.165) is 51.0 Å². The number of anilines is 1. The summed E-state index contributed by atoms with van der Waals surface area (Å²) < 4.78 is 5.36. The number of rotatable bonds is 6. The summed E-state index contributed by atoms with van der Waals surface area (Å²) >= 11 is 0. The smallest absolute Gasteiger partial charge is 0.220 e. The third-order valence-electron chi connectivity index (χ3n) is 4.07. The second-order valence-corrected chi connectivity index (χ2v) is 5.87. The van der Waals surface area contributed by atoms with E-state index < -0.39 is 0 Å². The lowest BCUT2D eigenvalue weighted by molar-refractivity contribution is -0.121. The number of hydrogen-bond acceptors (Lipinski definition) is 4. The van der Waals surface area contributed by atoms with Gasteiger partial charge in [0.05, 0.1) is 13.2 Å². The number of aryl methyl sites for hydroxylation is 1. The van der Waals surface area contributed by atoms with Crippen molar-refractivity contribution in [3.05, 3.63) is 23.9 Å². The van der Waals surface area contributed by atoms with Gasteiger partial charge in [-0.05, 0) is 42.9 Å². The fourth-order valence-electron chi connectivity index (χ4n) is 2.51. The SMILES string of the molecule is O=C(CCc1ccnc(N2CCOCC2)c1)NCC1CC1. The minimum Gasteiger partial charge on any atom is -0.378 e. The maximum atomic E-state index is 11.8. The molecule has 1 N–H and O–H groups in total. The molecule has 0 aromatic carbocycles. The summed E-state index contributed by atoms with van der Waals surface area (Å²) in [6, 6.07) is 4.09. The van der Waals surface area contributed by atoms with Crippen LogP contribution in [0.15, 0.2) is 18.3 Å². The molecule has 0 atom stereocenters. The van der Waals surface area contributed by atoms with Gasteiger partial charge in [0.15, 0.2) is 0 Å². The number of pyridine rings is 1. The van der Waals surface area contributed by atoms with Gasteiger partial charge in [-0.2, -0.15) is 0 Å². The number of carbonyl (C=O) groups excluding carboxylic acids is 1. The molecule has 1 aliphatic carbocycles. The number of nitrogens with zero attached hydrogens (tertiary/aromatic N) is 2. The van der Waals surface area contributed by atoms with Gasteiger partial charge in [0.25, 0.3) is 0 Å². The Labute approximate surface area is 125 Å². The van der Waals surface area contributed by atoms with Crippen LogP contribution in [0.4, 0.5) is 5.82 Å². The van der Waals surface area contributed by atoms with Crippen LogP contribution in [-0.4, -0.2) is 43.7 Å². The van der Waals surface area contributed by atoms with Gasteiger partial charge >= 0.3 is 0 Å². The molecule has 1 saturated carbocycles. The van der Waals surface area contributed by atoms with Crippen LogP contribution in [0.3, 0.4) is 0 Å². The number of morpholine rings is 1. The number of aromatic nitrogens is 1. The van der Waals surface area contributed by atoms with Crippen molar-refractivity contribution < 1.29 is 9.53 Å². The molecule has 1 amide bonds. The topological polar surface area (TPSA) is 54.5 Å². The Morgan fingerprint density at radius 3 is 2.95 bits per heavy atom. The molecule has 5 heteroatoms. The van der Waals surface area contributed by atoms with Crippen molar-refractivity contribution in [2.45, 2.75) is 25.7 Å². The van der Waals surface area contributed by atoms with Crippen LogP contribution in [0.25, 0.3) is 0 Å². The first-order valence-corrected chi connectivity index (χ1v) is 7.85. The maximum Gasteiger partial charge on any atom is 0.220 e. The van der Waals surface area contributed by atoms with Crippen molar-refractivity contribution in [2.75, 3.05) is 37.7 Å². The molecule has 1 aromatic heterocycles. The maximum absolute atomic E-state index is 11.8. The van der Waals surface area contributed by atoms with E-state index in [1.165, 1.54) is 18.4 Å². The highest BCUT2D eigenvalue weighted by Crippen LogP contribution is 2.27. The largest absolute Gasteiger partial charge is 0.378 e. The van der Waals surface area contributed by atoms with Crippen molar-refractivity contribution >= 4 is 11.7 Å². The molecule has 21 heavy (non-hydrogen) atoms. The summed E-state index contributed by atoms with van der Waals surface area (Å²) in [5.41, 5.74) is 1.17. The Hall–Kier alpha value is -1.62. The molecule has 0 spiro atoms. The highest BCUT2D eigenvalue weighted by atomic mass is 16.5. The molecule has 2 heterocycles. The Morgan fingerprint density at radius 2 is 2.19 bits per heavy atom. The molecule has 0 bridgehead atoms. The van der Waals surface area contributed by atoms with E-state index in [1.807, 2.05) is 12.3 Å². The minimum atomic E-state index is 0.159. The van der Waals surface area contributed by atoms with Crippen LogP contribution in [-0.2, 0) is 16.0 Å². The summed E-state index contributed by atoms with van der Waals surface area (Å²) in [4.78, 5) is 18.4. The first kappa shape index (κ1) is 14.3. The second-order valence-electron chi connectivity index (χ2n) is 5.87. The molecular weight excluding hydrogens is 266 g/mol. The van der Waals surface area contributed by atoms with Crippen LogP contribution in [0.2, 0.25) is 0 Å². The van der Waals surface area contributed by atoms with Crippen LogP contribution < -0.4 is 10.2 Å². The van der Waals surface area contributed by atoms with Gasteiger partial charge in [-0.3, -0.25) is 4.79 Å². The third kappa shape index (κ3) is 4.43. The minimum absolute atomic E-state index is 0.159. The summed E-state index contributed by atoms with van der Waals surface area (Å²) in [5, 5.41) is 3.01. The van der Waals surface area contributed by atoms with Crippen LogP contribution >= 0.6 is 0 Å². The lowest BCUT2D eigenvalue weighted by Crippen LogP contribution is -2.36. The lowest BCUT2D eigenvalue weighted by atomic mass is 10.1. The van der Waals surface area contributed by atoms with Gasteiger partial charge in [0.1, 0.15) is 5.82 Å². The molecule has 3 rings (SSSR count). The van der Waals surface area contributed by atoms with E-state index in [1.54, 1.807) is 0 Å². The summed E-state index contributed by atoms with van der Waals surface area (Å²) in [7, 11) is 0. The van der Waals surface area contributed by atoms with E-state index in [2.05, 4.69) is 21.3 Å². The van der Waals surface area contributed by atoms with Gasteiger partial charge in [0, 0.05) is 32.3 Å². The van der Waals surface area contributed by atoms with Crippen molar-refractivity contribution in [3.63, 3.8) is 0 Å². The van der Waals surface area contributed by atoms with Gasteiger partial charge in [-0.1, -0.05) is 0 Å². The van der Waals surface area contributed by atoms with Gasteiger partial charge < -0.3 is 15.0 Å². The van der Waals surface area contributed by atoms with Crippen LogP contribution in [0.5, 0.6) is 0 Å². The molecule has 2 fully saturated rings. The van der Waals surface area contributed by atoms with Crippen molar-refractivity contribution in [1.82, 2.24) is 10.3 Å². The fourth-order valence-corrected chi connectivity index (χ4v) is 2.51. The van der Waals surface area contributed by atoms with Gasteiger partial charge in [0.2, 0.25) is 5.91 Å². The Morgan fingerprint density at radius 1 is 1.38 bits per heavy atom. The molecule has 1 saturated heterocycles. The number of carbonyl (C=O) groups is 1. The van der Waals surface area contributed by atoms with E-state index >= 15 is 0 Å². The van der Waals surface area contributed by atoms with Crippen LogP contribution in [0, 0.1) is 5.92 Å².